The van der Waals surface area contributed by atoms with Crippen LogP contribution in [0.2, 0.25) is 0 Å². The molecule has 5 heteroatoms. The number of hydrogen-bond acceptors (Lipinski definition) is 3. The van der Waals surface area contributed by atoms with Crippen LogP contribution in [-0.4, -0.2) is 43.6 Å². The minimum atomic E-state index is -0.477. The molecule has 3 rings (SSSR count). The van der Waals surface area contributed by atoms with Crippen molar-refractivity contribution in [1.82, 2.24) is 10.2 Å². The molecule has 28 heavy (non-hydrogen) atoms. The second-order valence-electron chi connectivity index (χ2n) is 8.92. The zero-order valence-electron chi connectivity index (χ0n) is 17.7. The highest BCUT2D eigenvalue weighted by atomic mass is 16.5. The highest BCUT2D eigenvalue weighted by molar-refractivity contribution is 5.80. The summed E-state index contributed by atoms with van der Waals surface area (Å²) >= 11 is 0. The Bertz CT molecular complexity index is 710. The van der Waals surface area contributed by atoms with Gasteiger partial charge in [-0.15, -0.1) is 0 Å². The lowest BCUT2D eigenvalue weighted by Crippen LogP contribution is -2.43. The molecule has 2 amide bonds. The number of nitrogens with zero attached hydrogens (tertiary/aromatic N) is 1. The number of methoxy groups -OCH3 is 1. The van der Waals surface area contributed by atoms with Gasteiger partial charge in [0, 0.05) is 19.6 Å². The van der Waals surface area contributed by atoms with Gasteiger partial charge in [0.2, 0.25) is 5.91 Å². The number of nitrogens with one attached hydrogen (secondary N) is 1. The molecule has 1 saturated carbocycles. The van der Waals surface area contributed by atoms with E-state index in [0.29, 0.717) is 23.8 Å². The van der Waals surface area contributed by atoms with Gasteiger partial charge in [-0.2, -0.15) is 0 Å². The Kier molecular flexibility index (Phi) is 6.31. The van der Waals surface area contributed by atoms with E-state index >= 15 is 0 Å². The molecule has 1 saturated heterocycles. The summed E-state index contributed by atoms with van der Waals surface area (Å²) in [6.07, 6.45) is 3.69. The lowest BCUT2D eigenvalue weighted by atomic mass is 9.59. The number of carbonyl (C=O) groups is 2. The maximum absolute atomic E-state index is 12.9. The third-order valence-corrected chi connectivity index (χ3v) is 6.68. The Labute approximate surface area is 168 Å². The molecule has 1 spiro atoms. The SMILES string of the molecule is CCC(CNC(=O)OC)C(=O)N1CCC2(CC(c3cccc(C(C)C)c3)C2)C1. The van der Waals surface area contributed by atoms with Gasteiger partial charge in [0.15, 0.2) is 0 Å². The van der Waals surface area contributed by atoms with Crippen LogP contribution in [-0.2, 0) is 9.53 Å². The minimum absolute atomic E-state index is 0.168. The van der Waals surface area contributed by atoms with Crippen LogP contribution in [0.5, 0.6) is 0 Å². The van der Waals surface area contributed by atoms with Crippen LogP contribution in [0.25, 0.3) is 0 Å². The number of amides is 2. The number of likely N-dealkylation sites (tertiary alicyclic amines) is 1. The predicted octanol–water partition coefficient (Wildman–Crippen LogP) is 4.29. The normalized spacial score (nSPS) is 24.9. The summed E-state index contributed by atoms with van der Waals surface area (Å²) in [5.41, 5.74) is 3.16. The maximum Gasteiger partial charge on any atom is 0.406 e. The van der Waals surface area contributed by atoms with Gasteiger partial charge in [0.25, 0.3) is 0 Å². The van der Waals surface area contributed by atoms with Crippen LogP contribution < -0.4 is 5.32 Å². The van der Waals surface area contributed by atoms with Gasteiger partial charge in [0.05, 0.1) is 13.0 Å². The van der Waals surface area contributed by atoms with Crippen LogP contribution in [0, 0.1) is 11.3 Å². The van der Waals surface area contributed by atoms with E-state index in [0.717, 1.165) is 25.9 Å². The lowest BCUT2D eigenvalue weighted by Gasteiger charge is -2.45. The fourth-order valence-electron chi connectivity index (χ4n) is 4.79. The Morgan fingerprint density at radius 1 is 1.32 bits per heavy atom. The average Bonchev–Trinajstić information content (AvgIpc) is 3.12. The molecule has 0 radical (unpaired) electrons. The Hall–Kier alpha value is -2.04. The van der Waals surface area contributed by atoms with Crippen LogP contribution in [0.4, 0.5) is 4.79 Å². The van der Waals surface area contributed by atoms with E-state index in [1.165, 1.54) is 31.1 Å². The predicted molar refractivity (Wildman–Crippen MR) is 110 cm³/mol. The molecule has 2 aliphatic rings. The van der Waals surface area contributed by atoms with E-state index in [1.54, 1.807) is 0 Å². The number of carbonyl (C=O) groups excluding carboxylic acids is 2. The Morgan fingerprint density at radius 3 is 2.71 bits per heavy atom. The van der Waals surface area contributed by atoms with E-state index < -0.39 is 6.09 Å². The molecule has 1 aromatic rings. The molecule has 1 unspecified atom stereocenters. The topological polar surface area (TPSA) is 58.6 Å². The molecule has 0 bridgehead atoms. The van der Waals surface area contributed by atoms with E-state index in [4.69, 9.17) is 0 Å². The first-order valence-electron chi connectivity index (χ1n) is 10.6. The Morgan fingerprint density at radius 2 is 2.07 bits per heavy atom. The summed E-state index contributed by atoms with van der Waals surface area (Å²) in [6.45, 7) is 8.51. The molecule has 1 atom stereocenters. The summed E-state index contributed by atoms with van der Waals surface area (Å²) in [5, 5.41) is 2.67. The number of alkyl carbamates (subject to hydrolysis) is 1. The van der Waals surface area contributed by atoms with Gasteiger partial charge >= 0.3 is 6.09 Å². The zero-order valence-corrected chi connectivity index (χ0v) is 17.7. The van der Waals surface area contributed by atoms with Crippen molar-refractivity contribution in [3.8, 4) is 0 Å². The van der Waals surface area contributed by atoms with Crippen LogP contribution in [0.1, 0.15) is 69.4 Å². The maximum atomic E-state index is 12.9. The van der Waals surface area contributed by atoms with Gasteiger partial charge in [0.1, 0.15) is 0 Å². The van der Waals surface area contributed by atoms with Crippen molar-refractivity contribution >= 4 is 12.0 Å². The number of hydrogen-bond donors (Lipinski definition) is 1. The van der Waals surface area contributed by atoms with E-state index in [2.05, 4.69) is 48.2 Å². The first-order valence-corrected chi connectivity index (χ1v) is 10.6. The quantitative estimate of drug-likeness (QED) is 0.793. The zero-order chi connectivity index (χ0) is 20.3. The number of benzene rings is 1. The van der Waals surface area contributed by atoms with Crippen LogP contribution in [0.3, 0.4) is 0 Å². The summed E-state index contributed by atoms with van der Waals surface area (Å²) < 4.78 is 4.61. The van der Waals surface area contributed by atoms with Gasteiger partial charge in [-0.3, -0.25) is 4.79 Å². The first kappa shape index (κ1) is 20.7. The second kappa shape index (κ2) is 8.54. The summed E-state index contributed by atoms with van der Waals surface area (Å²) in [4.78, 5) is 26.2. The van der Waals surface area contributed by atoms with E-state index in [1.807, 2.05) is 11.8 Å². The molecule has 1 aliphatic carbocycles. The molecule has 154 valence electrons. The molecule has 1 N–H and O–H groups in total. The van der Waals surface area contributed by atoms with E-state index in [-0.39, 0.29) is 11.8 Å². The van der Waals surface area contributed by atoms with Gasteiger partial charge in [-0.1, -0.05) is 45.0 Å². The van der Waals surface area contributed by atoms with E-state index in [9.17, 15) is 9.59 Å². The third-order valence-electron chi connectivity index (χ3n) is 6.68. The lowest BCUT2D eigenvalue weighted by molar-refractivity contribution is -0.135. The monoisotopic (exact) mass is 386 g/mol. The average molecular weight is 387 g/mol. The van der Waals surface area contributed by atoms with Crippen molar-refractivity contribution in [3.05, 3.63) is 35.4 Å². The second-order valence-corrected chi connectivity index (χ2v) is 8.92. The van der Waals surface area contributed by atoms with Crippen molar-refractivity contribution in [2.45, 2.75) is 58.3 Å². The number of ether oxygens (including phenoxy) is 1. The molecular weight excluding hydrogens is 352 g/mol. The standard InChI is InChI=1S/C23H34N2O3/c1-5-17(14-24-22(27)28-4)21(26)25-10-9-23(15-25)12-20(13-23)19-8-6-7-18(11-19)16(2)3/h6-8,11,16-17,20H,5,9-10,12-15H2,1-4H3,(H,24,27). The summed E-state index contributed by atoms with van der Waals surface area (Å²) in [7, 11) is 1.34. The summed E-state index contributed by atoms with van der Waals surface area (Å²) in [6, 6.07) is 9.02. The largest absolute Gasteiger partial charge is 0.453 e. The fraction of sp³-hybridized carbons (Fsp3) is 0.652. The molecule has 0 aromatic heterocycles. The molecule has 1 heterocycles. The first-order chi connectivity index (χ1) is 13.4. The highest BCUT2D eigenvalue weighted by Crippen LogP contribution is 2.56. The van der Waals surface area contributed by atoms with Gasteiger partial charge in [-0.25, -0.2) is 4.79 Å². The highest BCUT2D eigenvalue weighted by Gasteiger charge is 2.50. The van der Waals surface area contributed by atoms with Crippen LogP contribution >= 0.6 is 0 Å². The molecule has 5 nitrogen and oxygen atoms in total. The third kappa shape index (κ3) is 4.34. The minimum Gasteiger partial charge on any atom is -0.453 e. The van der Waals surface area contributed by atoms with Crippen LogP contribution in [0.15, 0.2) is 24.3 Å². The van der Waals surface area contributed by atoms with Crippen molar-refractivity contribution < 1.29 is 14.3 Å². The van der Waals surface area contributed by atoms with Crippen molar-refractivity contribution in [3.63, 3.8) is 0 Å². The van der Waals surface area contributed by atoms with Gasteiger partial charge < -0.3 is 15.0 Å². The van der Waals surface area contributed by atoms with Crippen molar-refractivity contribution in [1.29, 1.82) is 0 Å². The molecular formula is C23H34N2O3. The van der Waals surface area contributed by atoms with Crippen molar-refractivity contribution in [2.75, 3.05) is 26.7 Å². The number of rotatable bonds is 6. The van der Waals surface area contributed by atoms with Crippen molar-refractivity contribution in [2.24, 2.45) is 11.3 Å². The summed E-state index contributed by atoms with van der Waals surface area (Å²) in [5.74, 6) is 1.17. The molecule has 1 aliphatic heterocycles. The van der Waals surface area contributed by atoms with Gasteiger partial charge in [-0.05, 0) is 54.1 Å². The Balaban J connectivity index is 1.55. The molecule has 1 aromatic carbocycles. The smallest absolute Gasteiger partial charge is 0.406 e. The molecule has 2 fully saturated rings. The fourth-order valence-corrected chi connectivity index (χ4v) is 4.79.